The van der Waals surface area contributed by atoms with Crippen LogP contribution in [-0.4, -0.2) is 187 Å². The predicted octanol–water partition coefficient (Wildman–Crippen LogP) is 0.454. The van der Waals surface area contributed by atoms with Gasteiger partial charge in [0, 0.05) is 78.0 Å². The van der Waals surface area contributed by atoms with E-state index in [0.717, 1.165) is 19.3 Å². The highest BCUT2D eigenvalue weighted by Gasteiger charge is 2.43. The zero-order chi connectivity index (χ0) is 46.3. The maximum absolute atomic E-state index is 13.4. The normalized spacial score (nSPS) is 30.3. The van der Waals surface area contributed by atoms with E-state index in [-0.39, 0.29) is 68.1 Å². The van der Waals surface area contributed by atoms with Crippen molar-refractivity contribution in [2.45, 2.75) is 184 Å². The lowest BCUT2D eigenvalue weighted by Crippen LogP contribution is -2.55. The summed E-state index contributed by atoms with van der Waals surface area (Å²) in [5.74, 6) is -1.37. The number of amides is 3. The van der Waals surface area contributed by atoms with Gasteiger partial charge < -0.3 is 74.6 Å². The molecule has 13 atom stereocenters. The maximum atomic E-state index is 13.4. The molecule has 0 aromatic carbocycles. The summed E-state index contributed by atoms with van der Waals surface area (Å²) < 4.78 is 33.4. The van der Waals surface area contributed by atoms with Gasteiger partial charge >= 0.3 is 0 Å². The number of unbranched alkanes of at least 4 members (excludes halogenated alkanes) is 6. The molecular weight excluding hydrogens is 826 g/mol. The van der Waals surface area contributed by atoms with E-state index in [1.165, 1.54) is 0 Å². The van der Waals surface area contributed by atoms with Gasteiger partial charge in [0.2, 0.25) is 17.7 Å². The van der Waals surface area contributed by atoms with E-state index in [4.69, 9.17) is 28.4 Å². The van der Waals surface area contributed by atoms with Gasteiger partial charge in [-0.05, 0) is 64.2 Å². The molecule has 0 aromatic heterocycles. The van der Waals surface area contributed by atoms with Gasteiger partial charge in [0.25, 0.3) is 0 Å². The van der Waals surface area contributed by atoms with E-state index in [0.29, 0.717) is 83.9 Å². The fraction of sp³-hybridized carbons (Fsp3) is 0.909. The summed E-state index contributed by atoms with van der Waals surface area (Å²) in [5.41, 5.74) is 0. The smallest absolute Gasteiger partial charge is 0.222 e. The number of rotatable bonds is 31. The number of carbonyl (C=O) groups is 4. The average molecular weight is 906 g/mol. The largest absolute Gasteiger partial charge is 0.394 e. The van der Waals surface area contributed by atoms with Crippen molar-refractivity contribution in [3.05, 3.63) is 0 Å². The van der Waals surface area contributed by atoms with Crippen molar-refractivity contribution in [2.24, 2.45) is 11.8 Å². The summed E-state index contributed by atoms with van der Waals surface area (Å²) >= 11 is 0. The van der Waals surface area contributed by atoms with Crippen LogP contribution >= 0.6 is 0 Å². The van der Waals surface area contributed by atoms with Crippen molar-refractivity contribution in [1.29, 1.82) is 0 Å². The van der Waals surface area contributed by atoms with E-state index in [9.17, 15) is 49.8 Å². The molecule has 0 aromatic rings. The third kappa shape index (κ3) is 18.4. The van der Waals surface area contributed by atoms with Crippen LogP contribution in [-0.2, 0) is 47.6 Å². The van der Waals surface area contributed by atoms with Crippen LogP contribution < -0.4 is 10.6 Å². The van der Waals surface area contributed by atoms with Crippen molar-refractivity contribution >= 4 is 23.5 Å². The van der Waals surface area contributed by atoms with Gasteiger partial charge in [0.1, 0.15) is 24.4 Å². The highest BCUT2D eigenvalue weighted by Crippen LogP contribution is 2.28. The first kappa shape index (κ1) is 54.9. The molecule has 19 heteroatoms. The molecule has 0 radical (unpaired) electrons. The summed E-state index contributed by atoms with van der Waals surface area (Å²) in [6.45, 7) is 4.41. The number of ether oxygens (including phenoxy) is 6. The molecule has 63 heavy (non-hydrogen) atoms. The molecule has 3 amide bonds. The minimum atomic E-state index is -1.22. The molecule has 3 aliphatic rings. The van der Waals surface area contributed by atoms with Crippen LogP contribution in [0.4, 0.5) is 0 Å². The van der Waals surface area contributed by atoms with E-state index < -0.39 is 80.3 Å². The number of likely N-dealkylation sites (tertiary alicyclic amines) is 1. The monoisotopic (exact) mass is 906 g/mol. The van der Waals surface area contributed by atoms with Gasteiger partial charge in [-0.1, -0.05) is 26.7 Å². The molecular formula is C44H79N3O16. The fourth-order valence-electron chi connectivity index (χ4n) is 8.31. The molecule has 8 N–H and O–H groups in total. The number of aliphatic hydroxyl groups excluding tert-OH is 6. The van der Waals surface area contributed by atoms with E-state index in [2.05, 4.69) is 10.6 Å². The Bertz CT molecular complexity index is 1330. The Hall–Kier alpha value is -2.40. The molecule has 0 saturated carbocycles. The minimum absolute atomic E-state index is 0.00737. The van der Waals surface area contributed by atoms with Gasteiger partial charge in [-0.15, -0.1) is 0 Å². The third-order valence-corrected chi connectivity index (χ3v) is 12.5. The van der Waals surface area contributed by atoms with Crippen LogP contribution in [0.2, 0.25) is 0 Å². The Balaban J connectivity index is 1.37. The topological polar surface area (TPSA) is 272 Å². The SMILES string of the molecule is COC[C@@H]1C[C@@H](OC)CN1C(=O)CCCCCCC(=O)C(CCCCNC(=O)CCCCOC1OC(CO)C(O)C(O)C1C)NC(=O)CCCCOC1OC(CO)C(O)C(O)C1C. The fourth-order valence-corrected chi connectivity index (χ4v) is 8.31. The Labute approximate surface area is 372 Å². The van der Waals surface area contributed by atoms with Crippen molar-refractivity contribution in [3.63, 3.8) is 0 Å². The van der Waals surface area contributed by atoms with Crippen molar-refractivity contribution in [1.82, 2.24) is 15.5 Å². The second kappa shape index (κ2) is 30.0. The number of carbonyl (C=O) groups excluding carboxylic acids is 4. The number of aliphatic hydroxyl groups is 6. The predicted molar refractivity (Wildman–Crippen MR) is 228 cm³/mol. The molecule has 3 rings (SSSR count). The summed E-state index contributed by atoms with van der Waals surface area (Å²) in [5, 5.41) is 65.2. The molecule has 0 aliphatic carbocycles. The van der Waals surface area contributed by atoms with Gasteiger partial charge in [0.05, 0.1) is 50.2 Å². The Morgan fingerprint density at radius 3 is 1.76 bits per heavy atom. The summed E-state index contributed by atoms with van der Waals surface area (Å²) in [4.78, 5) is 53.8. The number of hydrogen-bond donors (Lipinski definition) is 8. The Morgan fingerprint density at radius 2 is 1.22 bits per heavy atom. The summed E-state index contributed by atoms with van der Waals surface area (Å²) in [7, 11) is 3.28. The zero-order valence-corrected chi connectivity index (χ0v) is 38.0. The molecule has 366 valence electrons. The third-order valence-electron chi connectivity index (χ3n) is 12.5. The lowest BCUT2D eigenvalue weighted by Gasteiger charge is -2.40. The maximum Gasteiger partial charge on any atom is 0.222 e. The Kier molecular flexibility index (Phi) is 26.2. The molecule has 11 unspecified atom stereocenters. The molecule has 3 aliphatic heterocycles. The minimum Gasteiger partial charge on any atom is -0.394 e. The highest BCUT2D eigenvalue weighted by atomic mass is 16.7. The van der Waals surface area contributed by atoms with Crippen LogP contribution in [0.15, 0.2) is 0 Å². The lowest BCUT2D eigenvalue weighted by atomic mass is 9.92. The number of ketones is 1. The van der Waals surface area contributed by atoms with Gasteiger partial charge in [-0.25, -0.2) is 0 Å². The number of Topliss-reactive ketones (excluding diaryl/α,β-unsaturated/α-hetero) is 1. The number of methoxy groups -OCH3 is 2. The average Bonchev–Trinajstić information content (AvgIpc) is 3.69. The number of hydrogen-bond acceptors (Lipinski definition) is 16. The van der Waals surface area contributed by atoms with Crippen LogP contribution in [0.5, 0.6) is 0 Å². The number of nitrogens with zero attached hydrogens (tertiary/aromatic N) is 1. The van der Waals surface area contributed by atoms with Gasteiger partial charge in [0.15, 0.2) is 18.4 Å². The van der Waals surface area contributed by atoms with Crippen molar-refractivity contribution < 1.29 is 78.2 Å². The molecule has 3 fully saturated rings. The van der Waals surface area contributed by atoms with Crippen LogP contribution in [0.1, 0.15) is 117 Å². The Morgan fingerprint density at radius 1 is 0.683 bits per heavy atom. The van der Waals surface area contributed by atoms with Crippen LogP contribution in [0.25, 0.3) is 0 Å². The van der Waals surface area contributed by atoms with Crippen molar-refractivity contribution in [2.75, 3.05) is 60.3 Å². The molecule has 0 spiro atoms. The molecule has 0 bridgehead atoms. The van der Waals surface area contributed by atoms with Gasteiger partial charge in [-0.2, -0.15) is 0 Å². The molecule has 3 heterocycles. The standard InChI is InChI=1S/C44H79N3O16/c1-28-39(54)41(56)34(25-48)62-43(28)60-21-13-10-17-36(51)45-20-12-9-15-32(46-37(52)18-11-14-22-61-44-29(2)40(55)42(57)35(26-49)63-44)33(50)16-7-5-6-8-19-38(53)47-24-31(59-4)23-30(47)27-58-3/h28-32,34-35,39-44,48-49,54-57H,5-27H2,1-4H3,(H,45,51)(H,46,52)/t28?,29?,30-,31+,32?,34?,35?,39?,40?,41?,42?,43?,44?/m0/s1. The van der Waals surface area contributed by atoms with E-state index in [1.807, 2.05) is 4.90 Å². The summed E-state index contributed by atoms with van der Waals surface area (Å²) in [6.07, 6.45) is 0.419. The first-order valence-corrected chi connectivity index (χ1v) is 23.1. The second-order valence-corrected chi connectivity index (χ2v) is 17.4. The second-order valence-electron chi connectivity index (χ2n) is 17.4. The number of nitrogens with one attached hydrogen (secondary N) is 2. The highest BCUT2D eigenvalue weighted by molar-refractivity contribution is 5.89. The van der Waals surface area contributed by atoms with E-state index in [1.54, 1.807) is 28.1 Å². The summed E-state index contributed by atoms with van der Waals surface area (Å²) in [6, 6.07) is -0.672. The quantitative estimate of drug-likeness (QED) is 0.0439. The van der Waals surface area contributed by atoms with Gasteiger partial charge in [-0.3, -0.25) is 19.2 Å². The molecule has 3 saturated heterocycles. The van der Waals surface area contributed by atoms with Crippen molar-refractivity contribution in [3.8, 4) is 0 Å². The molecule has 19 nitrogen and oxygen atoms in total. The first-order chi connectivity index (χ1) is 30.3. The first-order valence-electron chi connectivity index (χ1n) is 23.1. The zero-order valence-electron chi connectivity index (χ0n) is 38.0. The van der Waals surface area contributed by atoms with E-state index >= 15 is 0 Å². The lowest BCUT2D eigenvalue weighted by molar-refractivity contribution is -0.282. The van der Waals surface area contributed by atoms with Crippen LogP contribution in [0.3, 0.4) is 0 Å². The van der Waals surface area contributed by atoms with Crippen LogP contribution in [0, 0.1) is 11.8 Å².